The Balaban J connectivity index is 1.37. The number of carbonyl (C=O) groups excluding carboxylic acids is 1. The molecule has 3 aliphatic heterocycles. The molecule has 0 spiro atoms. The molecular weight excluding hydrogens is 404 g/mol. The van der Waals surface area contributed by atoms with Crippen LogP contribution in [0.25, 0.3) is 5.69 Å². The number of ketones is 1. The molecule has 3 aliphatic rings. The van der Waals surface area contributed by atoms with Crippen molar-refractivity contribution in [2.24, 2.45) is 5.92 Å². The molecule has 0 saturated carbocycles. The predicted octanol–water partition coefficient (Wildman–Crippen LogP) is 2.08. The molecule has 7 nitrogen and oxygen atoms in total. The number of nitrogens with one attached hydrogen (secondary N) is 1. The molecule has 3 fully saturated rings. The fourth-order valence-electron chi connectivity index (χ4n) is 4.59. The quantitative estimate of drug-likeness (QED) is 0.811. The van der Waals surface area contributed by atoms with Crippen molar-refractivity contribution in [3.8, 4) is 5.69 Å². The van der Waals surface area contributed by atoms with E-state index in [9.17, 15) is 4.79 Å². The van der Waals surface area contributed by atoms with Crippen molar-refractivity contribution in [1.29, 1.82) is 0 Å². The summed E-state index contributed by atoms with van der Waals surface area (Å²) < 4.78 is 37.3. The molecule has 1 N–H and O–H groups in total. The van der Waals surface area contributed by atoms with E-state index in [1.807, 2.05) is 0 Å². The number of Topliss-reactive ketones (excluding diaryl/α,β-unsaturated/α-hetero) is 1. The molecule has 0 radical (unpaired) electrons. The second-order valence-electron chi connectivity index (χ2n) is 7.84. The summed E-state index contributed by atoms with van der Waals surface area (Å²) in [5.74, 6) is -4.92. The molecule has 3 saturated heterocycles. The number of fused-ring (bicyclic) bond motifs is 2. The standard InChI is InChI=1S/C19H20ClF2N5O2/c20-11-6-24-27(8-11)14-1-3-23-7-15(14)26-4-2-13(19(21,22)10-26)18(28)17-16-5-12(25-17)9-29-16/h1,3,6-8,12-13,16-17,25H,2,4-5,9-10H2/t12-,13?,16-,17?/m0/s1. The van der Waals surface area contributed by atoms with Gasteiger partial charge in [0.2, 0.25) is 0 Å². The summed E-state index contributed by atoms with van der Waals surface area (Å²) in [6, 6.07) is 1.17. The second-order valence-corrected chi connectivity index (χ2v) is 8.28. The highest BCUT2D eigenvalue weighted by Gasteiger charge is 2.54. The largest absolute Gasteiger partial charge is 0.374 e. The Kier molecular flexibility index (Phi) is 4.56. The maximum absolute atomic E-state index is 15.1. The highest BCUT2D eigenvalue weighted by atomic mass is 35.5. The van der Waals surface area contributed by atoms with Crippen LogP contribution in [0.5, 0.6) is 0 Å². The van der Waals surface area contributed by atoms with E-state index in [1.54, 1.807) is 23.4 Å². The van der Waals surface area contributed by atoms with Gasteiger partial charge in [-0.25, -0.2) is 13.5 Å². The molecule has 154 valence electrons. The summed E-state index contributed by atoms with van der Waals surface area (Å²) in [5.41, 5.74) is 1.13. The van der Waals surface area contributed by atoms with Gasteiger partial charge in [-0.1, -0.05) is 11.6 Å². The van der Waals surface area contributed by atoms with E-state index in [0.717, 1.165) is 0 Å². The Morgan fingerprint density at radius 1 is 1.34 bits per heavy atom. The first-order valence-electron chi connectivity index (χ1n) is 9.61. The Morgan fingerprint density at radius 3 is 2.86 bits per heavy atom. The molecule has 2 aromatic heterocycles. The average Bonchev–Trinajstić information content (AvgIpc) is 3.44. The third-order valence-electron chi connectivity index (χ3n) is 5.98. The number of nitrogens with zero attached hydrogens (tertiary/aromatic N) is 4. The zero-order valence-corrected chi connectivity index (χ0v) is 16.2. The molecule has 0 aromatic carbocycles. The summed E-state index contributed by atoms with van der Waals surface area (Å²) in [4.78, 5) is 18.5. The van der Waals surface area contributed by atoms with E-state index in [4.69, 9.17) is 16.3 Å². The van der Waals surface area contributed by atoms with Crippen molar-refractivity contribution in [3.05, 3.63) is 35.9 Å². The van der Waals surface area contributed by atoms with Gasteiger partial charge in [0.1, 0.15) is 0 Å². The molecule has 4 atom stereocenters. The normalized spacial score (nSPS) is 30.7. The van der Waals surface area contributed by atoms with E-state index in [0.29, 0.717) is 36.0 Å². The lowest BCUT2D eigenvalue weighted by molar-refractivity contribution is -0.144. The van der Waals surface area contributed by atoms with Crippen LogP contribution in [0.1, 0.15) is 12.8 Å². The van der Waals surface area contributed by atoms with Gasteiger partial charge in [0, 0.05) is 25.0 Å². The molecule has 2 unspecified atom stereocenters. The van der Waals surface area contributed by atoms with E-state index >= 15 is 8.78 Å². The van der Waals surface area contributed by atoms with Gasteiger partial charge >= 0.3 is 0 Å². The van der Waals surface area contributed by atoms with Gasteiger partial charge in [0.05, 0.1) is 60.0 Å². The smallest absolute Gasteiger partial charge is 0.274 e. The van der Waals surface area contributed by atoms with Gasteiger partial charge in [-0.05, 0) is 18.9 Å². The first-order valence-corrected chi connectivity index (χ1v) is 9.99. The average molecular weight is 424 g/mol. The Hall–Kier alpha value is -2.10. The lowest BCUT2D eigenvalue weighted by atomic mass is 9.84. The first kappa shape index (κ1) is 18.9. The topological polar surface area (TPSA) is 72.3 Å². The van der Waals surface area contributed by atoms with Crippen LogP contribution in [0.2, 0.25) is 5.02 Å². The second kappa shape index (κ2) is 7.00. The van der Waals surface area contributed by atoms with Crippen LogP contribution in [-0.2, 0) is 9.53 Å². The highest BCUT2D eigenvalue weighted by molar-refractivity contribution is 6.30. The fourth-order valence-corrected chi connectivity index (χ4v) is 4.73. The monoisotopic (exact) mass is 423 g/mol. The van der Waals surface area contributed by atoms with Gasteiger partial charge in [-0.2, -0.15) is 5.10 Å². The van der Waals surface area contributed by atoms with Crippen molar-refractivity contribution in [3.63, 3.8) is 0 Å². The van der Waals surface area contributed by atoms with Crippen LogP contribution >= 0.6 is 11.6 Å². The van der Waals surface area contributed by atoms with Crippen LogP contribution in [0, 0.1) is 5.92 Å². The number of halogens is 3. The molecular formula is C19H20ClF2N5O2. The Bertz CT molecular complexity index is 939. The number of alkyl halides is 2. The molecule has 10 heteroatoms. The van der Waals surface area contributed by atoms with Gasteiger partial charge in [0.25, 0.3) is 5.92 Å². The molecule has 0 amide bonds. The number of hydrogen-bond acceptors (Lipinski definition) is 6. The van der Waals surface area contributed by atoms with E-state index in [2.05, 4.69) is 15.4 Å². The van der Waals surface area contributed by atoms with Crippen molar-refractivity contribution in [1.82, 2.24) is 20.1 Å². The van der Waals surface area contributed by atoms with Crippen LogP contribution < -0.4 is 10.2 Å². The molecule has 29 heavy (non-hydrogen) atoms. The van der Waals surface area contributed by atoms with Crippen LogP contribution in [0.3, 0.4) is 0 Å². The highest BCUT2D eigenvalue weighted by Crippen LogP contribution is 2.39. The molecule has 5 heterocycles. The lowest BCUT2D eigenvalue weighted by Gasteiger charge is -2.40. The van der Waals surface area contributed by atoms with Crippen molar-refractivity contribution < 1.29 is 18.3 Å². The minimum atomic E-state index is -3.16. The van der Waals surface area contributed by atoms with Crippen molar-refractivity contribution in [2.45, 2.75) is 37.0 Å². The van der Waals surface area contributed by atoms with Crippen molar-refractivity contribution in [2.75, 3.05) is 24.6 Å². The summed E-state index contributed by atoms with van der Waals surface area (Å²) in [6.45, 7) is 0.310. The number of piperidine rings is 1. The summed E-state index contributed by atoms with van der Waals surface area (Å²) in [5, 5.41) is 7.75. The van der Waals surface area contributed by atoms with E-state index < -0.39 is 30.2 Å². The molecule has 5 rings (SSSR count). The third kappa shape index (κ3) is 3.31. The zero-order valence-electron chi connectivity index (χ0n) is 15.5. The van der Waals surface area contributed by atoms with Gasteiger partial charge in [-0.15, -0.1) is 0 Å². The van der Waals surface area contributed by atoms with Gasteiger partial charge in [-0.3, -0.25) is 9.78 Å². The minimum Gasteiger partial charge on any atom is -0.374 e. The number of rotatable bonds is 4. The van der Waals surface area contributed by atoms with Crippen molar-refractivity contribution >= 4 is 23.1 Å². The maximum atomic E-state index is 15.1. The van der Waals surface area contributed by atoms with Crippen LogP contribution in [-0.4, -0.2) is 64.4 Å². The molecule has 0 aliphatic carbocycles. The molecule has 2 aromatic rings. The number of ether oxygens (including phenoxy) is 1. The SMILES string of the molecule is O=C(C1N[C@@H]2CO[C@H]1C2)C1CCN(c2cnccc2-n2cc(Cl)cn2)CC1(F)F. The number of hydrogen-bond donors (Lipinski definition) is 1. The fraction of sp³-hybridized carbons (Fsp3) is 0.526. The van der Waals surface area contributed by atoms with Gasteiger partial charge in [0.15, 0.2) is 5.78 Å². The molecule has 2 bridgehead atoms. The summed E-state index contributed by atoms with van der Waals surface area (Å²) >= 11 is 5.95. The number of morpholine rings is 1. The first-order chi connectivity index (χ1) is 13.9. The predicted molar refractivity (Wildman–Crippen MR) is 102 cm³/mol. The van der Waals surface area contributed by atoms with E-state index in [1.165, 1.54) is 17.1 Å². The summed E-state index contributed by atoms with van der Waals surface area (Å²) in [7, 11) is 0. The number of anilines is 1. The summed E-state index contributed by atoms with van der Waals surface area (Å²) in [6.07, 6.45) is 6.70. The van der Waals surface area contributed by atoms with Crippen LogP contribution in [0.15, 0.2) is 30.9 Å². The third-order valence-corrected chi connectivity index (χ3v) is 6.18. The maximum Gasteiger partial charge on any atom is 0.274 e. The number of pyridine rings is 1. The minimum absolute atomic E-state index is 0.0651. The zero-order chi connectivity index (χ0) is 20.2. The number of carbonyl (C=O) groups is 1. The lowest BCUT2D eigenvalue weighted by Crippen LogP contribution is -2.57. The Labute approximate surface area is 171 Å². The van der Waals surface area contributed by atoms with Crippen LogP contribution in [0.4, 0.5) is 14.5 Å². The number of aromatic nitrogens is 3. The van der Waals surface area contributed by atoms with E-state index in [-0.39, 0.29) is 18.6 Å². The van der Waals surface area contributed by atoms with Gasteiger partial charge < -0.3 is 15.0 Å². The Morgan fingerprint density at radius 2 is 2.21 bits per heavy atom.